The number of carbonyl (C=O) groups excluding carboxylic acids is 1. The van der Waals surface area contributed by atoms with E-state index in [9.17, 15) is 4.79 Å². The molecular formula is C24H27N3O2. The zero-order chi connectivity index (χ0) is 20.6. The maximum Gasteiger partial charge on any atom is 0.322 e. The number of carbonyl (C=O) groups is 1. The van der Waals surface area contributed by atoms with Crippen molar-refractivity contribution in [3.8, 4) is 5.75 Å². The minimum absolute atomic E-state index is 0.179. The van der Waals surface area contributed by atoms with Crippen molar-refractivity contribution in [3.05, 3.63) is 96.3 Å². The summed E-state index contributed by atoms with van der Waals surface area (Å²) >= 11 is 0. The summed E-state index contributed by atoms with van der Waals surface area (Å²) in [5.74, 6) is 0.699. The molecule has 2 amide bonds. The summed E-state index contributed by atoms with van der Waals surface area (Å²) in [5.41, 5.74) is 4.23. The molecule has 0 bridgehead atoms. The van der Waals surface area contributed by atoms with E-state index in [4.69, 9.17) is 4.74 Å². The van der Waals surface area contributed by atoms with Crippen molar-refractivity contribution >= 4 is 11.7 Å². The zero-order valence-corrected chi connectivity index (χ0v) is 17.0. The average molecular weight is 389 g/mol. The van der Waals surface area contributed by atoms with E-state index >= 15 is 0 Å². The number of nitrogens with one attached hydrogen (secondary N) is 1. The standard InChI is InChI=1S/C24H27N3O2/c1-4-13-27(24(28)25-21-10-6-12-23(16-21)29-3)18-22-11-7-14-26(22)17-20-9-5-8-19(2)15-20/h4-12,14-16H,1,13,17-18H2,2-3H3,(H,25,28). The molecule has 1 N–H and O–H groups in total. The Labute approximate surface area is 172 Å². The maximum absolute atomic E-state index is 12.9. The van der Waals surface area contributed by atoms with Gasteiger partial charge < -0.3 is 19.5 Å². The minimum atomic E-state index is -0.179. The van der Waals surface area contributed by atoms with Gasteiger partial charge in [-0.05, 0) is 36.8 Å². The molecule has 2 aromatic carbocycles. The fraction of sp³-hybridized carbons (Fsp3) is 0.208. The number of ether oxygens (including phenoxy) is 1. The SMILES string of the molecule is C=CCN(Cc1cccn1Cc1cccc(C)c1)C(=O)Nc1cccc(OC)c1. The molecule has 0 unspecified atom stereocenters. The molecule has 0 spiro atoms. The third-order valence-electron chi connectivity index (χ3n) is 4.67. The van der Waals surface area contributed by atoms with Crippen molar-refractivity contribution in [3.63, 3.8) is 0 Å². The highest BCUT2D eigenvalue weighted by molar-refractivity contribution is 5.89. The molecular weight excluding hydrogens is 362 g/mol. The van der Waals surface area contributed by atoms with Crippen molar-refractivity contribution < 1.29 is 9.53 Å². The van der Waals surface area contributed by atoms with Crippen LogP contribution in [0, 0.1) is 6.92 Å². The van der Waals surface area contributed by atoms with Crippen LogP contribution >= 0.6 is 0 Å². The van der Waals surface area contributed by atoms with Crippen molar-refractivity contribution in [1.82, 2.24) is 9.47 Å². The van der Waals surface area contributed by atoms with Crippen LogP contribution in [0.2, 0.25) is 0 Å². The first kappa shape index (κ1) is 20.3. The number of anilines is 1. The van der Waals surface area contributed by atoms with Crippen LogP contribution in [0.3, 0.4) is 0 Å². The van der Waals surface area contributed by atoms with E-state index in [1.54, 1.807) is 24.2 Å². The molecule has 1 aromatic heterocycles. The van der Waals surface area contributed by atoms with Crippen LogP contribution in [-0.2, 0) is 13.1 Å². The van der Waals surface area contributed by atoms with Gasteiger partial charge in [0.25, 0.3) is 0 Å². The van der Waals surface area contributed by atoms with E-state index in [1.807, 2.05) is 36.5 Å². The Balaban J connectivity index is 1.72. The number of aromatic nitrogens is 1. The first-order chi connectivity index (χ1) is 14.1. The molecule has 0 saturated carbocycles. The molecule has 5 nitrogen and oxygen atoms in total. The Morgan fingerprint density at radius 3 is 2.76 bits per heavy atom. The number of amides is 2. The van der Waals surface area contributed by atoms with Crippen LogP contribution in [-0.4, -0.2) is 29.2 Å². The lowest BCUT2D eigenvalue weighted by Crippen LogP contribution is -2.35. The smallest absolute Gasteiger partial charge is 0.322 e. The number of hydrogen-bond acceptors (Lipinski definition) is 2. The van der Waals surface area contributed by atoms with E-state index in [0.29, 0.717) is 24.5 Å². The van der Waals surface area contributed by atoms with Gasteiger partial charge in [0.1, 0.15) is 5.75 Å². The summed E-state index contributed by atoms with van der Waals surface area (Å²) in [7, 11) is 1.60. The fourth-order valence-electron chi connectivity index (χ4n) is 3.23. The summed E-state index contributed by atoms with van der Waals surface area (Å²) in [6.07, 6.45) is 3.78. The molecule has 150 valence electrons. The molecule has 0 saturated heterocycles. The normalized spacial score (nSPS) is 10.4. The van der Waals surface area contributed by atoms with Gasteiger partial charge in [-0.3, -0.25) is 0 Å². The van der Waals surface area contributed by atoms with Crippen LogP contribution < -0.4 is 10.1 Å². The predicted octanol–water partition coefficient (Wildman–Crippen LogP) is 5.07. The Kier molecular flexibility index (Phi) is 6.74. The second-order valence-electron chi connectivity index (χ2n) is 6.95. The monoisotopic (exact) mass is 389 g/mol. The number of aryl methyl sites for hydroxylation is 1. The zero-order valence-electron chi connectivity index (χ0n) is 17.0. The molecule has 3 rings (SSSR count). The van der Waals surface area contributed by atoms with Crippen LogP contribution in [0.4, 0.5) is 10.5 Å². The molecule has 0 radical (unpaired) electrons. The highest BCUT2D eigenvalue weighted by Crippen LogP contribution is 2.18. The van der Waals surface area contributed by atoms with Crippen molar-refractivity contribution in [1.29, 1.82) is 0 Å². The number of rotatable bonds is 8. The average Bonchev–Trinajstić information content (AvgIpc) is 3.14. The van der Waals surface area contributed by atoms with Gasteiger partial charge in [0, 0.05) is 36.7 Å². The van der Waals surface area contributed by atoms with Crippen LogP contribution in [0.25, 0.3) is 0 Å². The van der Waals surface area contributed by atoms with Crippen LogP contribution in [0.1, 0.15) is 16.8 Å². The summed E-state index contributed by atoms with van der Waals surface area (Å²) in [5, 5.41) is 2.94. The highest BCUT2D eigenvalue weighted by Gasteiger charge is 2.15. The maximum atomic E-state index is 12.9. The Bertz CT molecular complexity index is 978. The first-order valence-electron chi connectivity index (χ1n) is 9.59. The Morgan fingerprint density at radius 2 is 2.00 bits per heavy atom. The van der Waals surface area contributed by atoms with E-state index in [0.717, 1.165) is 12.2 Å². The Morgan fingerprint density at radius 1 is 1.17 bits per heavy atom. The summed E-state index contributed by atoms with van der Waals surface area (Å²) < 4.78 is 7.40. The molecule has 0 aliphatic rings. The van der Waals surface area contributed by atoms with Gasteiger partial charge in [0.05, 0.1) is 13.7 Å². The first-order valence-corrected chi connectivity index (χ1v) is 9.59. The second-order valence-corrected chi connectivity index (χ2v) is 6.95. The quantitative estimate of drug-likeness (QED) is 0.547. The molecule has 0 fully saturated rings. The topological polar surface area (TPSA) is 46.5 Å². The molecule has 5 heteroatoms. The van der Waals surface area contributed by atoms with Gasteiger partial charge in [0.2, 0.25) is 0 Å². The molecule has 0 atom stereocenters. The lowest BCUT2D eigenvalue weighted by molar-refractivity contribution is 0.214. The van der Waals surface area contributed by atoms with Gasteiger partial charge in [0.15, 0.2) is 0 Å². The Hall–Kier alpha value is -3.47. The third kappa shape index (κ3) is 5.51. The van der Waals surface area contributed by atoms with Gasteiger partial charge >= 0.3 is 6.03 Å². The van der Waals surface area contributed by atoms with E-state index in [1.165, 1.54) is 11.1 Å². The lowest BCUT2D eigenvalue weighted by atomic mass is 10.1. The van der Waals surface area contributed by atoms with Gasteiger partial charge in [-0.1, -0.05) is 42.0 Å². The van der Waals surface area contributed by atoms with Gasteiger partial charge in [-0.2, -0.15) is 0 Å². The number of nitrogens with zero attached hydrogens (tertiary/aromatic N) is 2. The largest absolute Gasteiger partial charge is 0.497 e. The van der Waals surface area contributed by atoms with E-state index in [2.05, 4.69) is 47.7 Å². The predicted molar refractivity (Wildman–Crippen MR) is 117 cm³/mol. The molecule has 0 aliphatic carbocycles. The fourth-order valence-corrected chi connectivity index (χ4v) is 3.23. The molecule has 1 heterocycles. The van der Waals surface area contributed by atoms with Gasteiger partial charge in [-0.15, -0.1) is 6.58 Å². The van der Waals surface area contributed by atoms with Gasteiger partial charge in [-0.25, -0.2) is 4.79 Å². The van der Waals surface area contributed by atoms with E-state index in [-0.39, 0.29) is 6.03 Å². The minimum Gasteiger partial charge on any atom is -0.497 e. The third-order valence-corrected chi connectivity index (χ3v) is 4.67. The van der Waals surface area contributed by atoms with Crippen LogP contribution in [0.15, 0.2) is 79.5 Å². The summed E-state index contributed by atoms with van der Waals surface area (Å²) in [6.45, 7) is 7.59. The number of methoxy groups -OCH3 is 1. The number of hydrogen-bond donors (Lipinski definition) is 1. The number of benzene rings is 2. The van der Waals surface area contributed by atoms with Crippen molar-refractivity contribution in [2.24, 2.45) is 0 Å². The molecule has 3 aromatic rings. The molecule has 0 aliphatic heterocycles. The van der Waals surface area contributed by atoms with Crippen LogP contribution in [0.5, 0.6) is 5.75 Å². The van der Waals surface area contributed by atoms with Crippen molar-refractivity contribution in [2.45, 2.75) is 20.0 Å². The summed E-state index contributed by atoms with van der Waals surface area (Å²) in [6, 6.07) is 19.7. The van der Waals surface area contributed by atoms with E-state index < -0.39 is 0 Å². The molecule has 29 heavy (non-hydrogen) atoms. The highest BCUT2D eigenvalue weighted by atomic mass is 16.5. The van der Waals surface area contributed by atoms with Crippen molar-refractivity contribution in [2.75, 3.05) is 19.0 Å². The lowest BCUT2D eigenvalue weighted by Gasteiger charge is -2.23. The number of urea groups is 1. The second kappa shape index (κ2) is 9.64. The summed E-state index contributed by atoms with van der Waals surface area (Å²) in [4.78, 5) is 14.6.